The normalized spacial score (nSPS) is 19.9. The van der Waals surface area contributed by atoms with Crippen LogP contribution in [0.25, 0.3) is 0 Å². The standard InChI is InChI=1S/C11H15N3O2S/c12-8-4-10(6-11(5-8)14(15)16)13-9-2-1-3-17-7-9/h4-6,9,13H,1-3,7,12H2. The molecule has 6 heteroatoms. The van der Waals surface area contributed by atoms with Crippen LogP contribution in [0, 0.1) is 10.1 Å². The van der Waals surface area contributed by atoms with Crippen molar-refractivity contribution < 1.29 is 4.92 Å². The van der Waals surface area contributed by atoms with Crippen LogP contribution in [0.5, 0.6) is 0 Å². The van der Waals surface area contributed by atoms with Crippen molar-refractivity contribution in [2.24, 2.45) is 0 Å². The molecule has 1 saturated heterocycles. The molecule has 0 spiro atoms. The van der Waals surface area contributed by atoms with Gasteiger partial charge in [-0.2, -0.15) is 11.8 Å². The van der Waals surface area contributed by atoms with Crippen LogP contribution in [0.3, 0.4) is 0 Å². The fourth-order valence-electron chi connectivity index (χ4n) is 1.91. The Kier molecular flexibility index (Phi) is 3.73. The summed E-state index contributed by atoms with van der Waals surface area (Å²) < 4.78 is 0. The smallest absolute Gasteiger partial charge is 0.273 e. The van der Waals surface area contributed by atoms with Crippen molar-refractivity contribution in [3.63, 3.8) is 0 Å². The Labute approximate surface area is 104 Å². The monoisotopic (exact) mass is 253 g/mol. The van der Waals surface area contributed by atoms with E-state index in [-0.39, 0.29) is 5.69 Å². The number of nitrogens with zero attached hydrogens (tertiary/aromatic N) is 1. The van der Waals surface area contributed by atoms with Gasteiger partial charge in [0.2, 0.25) is 0 Å². The van der Waals surface area contributed by atoms with Crippen LogP contribution in [0.4, 0.5) is 17.1 Å². The van der Waals surface area contributed by atoms with Gasteiger partial charge in [0.1, 0.15) is 0 Å². The number of non-ortho nitro benzene ring substituents is 1. The Morgan fingerprint density at radius 1 is 1.47 bits per heavy atom. The molecule has 0 aromatic heterocycles. The first-order valence-electron chi connectivity index (χ1n) is 5.54. The SMILES string of the molecule is Nc1cc(NC2CCCSC2)cc([N+](=O)[O-])c1. The molecule has 1 atom stereocenters. The zero-order chi connectivity index (χ0) is 12.3. The Bertz CT molecular complexity index is 419. The fraction of sp³-hybridized carbons (Fsp3) is 0.455. The minimum Gasteiger partial charge on any atom is -0.398 e. The molecule has 3 N–H and O–H groups in total. The van der Waals surface area contributed by atoms with Crippen molar-refractivity contribution in [2.45, 2.75) is 18.9 Å². The van der Waals surface area contributed by atoms with Crippen molar-refractivity contribution in [3.05, 3.63) is 28.3 Å². The predicted octanol–water partition coefficient (Wildman–Crippen LogP) is 2.48. The second-order valence-corrected chi connectivity index (χ2v) is 5.28. The van der Waals surface area contributed by atoms with Crippen LogP contribution >= 0.6 is 11.8 Å². The average Bonchev–Trinajstić information content (AvgIpc) is 2.29. The van der Waals surface area contributed by atoms with E-state index in [2.05, 4.69) is 5.32 Å². The zero-order valence-electron chi connectivity index (χ0n) is 9.39. The van der Waals surface area contributed by atoms with Crippen LogP contribution in [-0.4, -0.2) is 22.5 Å². The molecule has 0 saturated carbocycles. The van der Waals surface area contributed by atoms with E-state index >= 15 is 0 Å². The molecule has 17 heavy (non-hydrogen) atoms. The highest BCUT2D eigenvalue weighted by atomic mass is 32.2. The maximum Gasteiger partial charge on any atom is 0.273 e. The molecule has 0 aliphatic carbocycles. The third-order valence-corrected chi connectivity index (χ3v) is 3.90. The van der Waals surface area contributed by atoms with E-state index in [1.807, 2.05) is 11.8 Å². The summed E-state index contributed by atoms with van der Waals surface area (Å²) in [7, 11) is 0. The number of hydrogen-bond donors (Lipinski definition) is 2. The molecule has 1 aromatic carbocycles. The molecule has 5 nitrogen and oxygen atoms in total. The highest BCUT2D eigenvalue weighted by Gasteiger charge is 2.15. The van der Waals surface area contributed by atoms with Crippen molar-refractivity contribution in [2.75, 3.05) is 22.6 Å². The quantitative estimate of drug-likeness (QED) is 0.491. The molecule has 0 radical (unpaired) electrons. The maximum atomic E-state index is 10.7. The molecule has 1 heterocycles. The van der Waals surface area contributed by atoms with Crippen LogP contribution in [0.2, 0.25) is 0 Å². The Hall–Kier alpha value is -1.43. The lowest BCUT2D eigenvalue weighted by molar-refractivity contribution is -0.384. The summed E-state index contributed by atoms with van der Waals surface area (Å²) in [5.74, 6) is 2.25. The van der Waals surface area contributed by atoms with Gasteiger partial charge in [-0.25, -0.2) is 0 Å². The number of nitrogen functional groups attached to an aromatic ring is 1. The van der Waals surface area contributed by atoms with Gasteiger partial charge in [-0.1, -0.05) is 0 Å². The minimum absolute atomic E-state index is 0.0379. The lowest BCUT2D eigenvalue weighted by Crippen LogP contribution is -2.25. The molecule has 1 fully saturated rings. The van der Waals surface area contributed by atoms with E-state index in [0.717, 1.165) is 17.9 Å². The van der Waals surface area contributed by atoms with Crippen LogP contribution in [0.15, 0.2) is 18.2 Å². The Balaban J connectivity index is 2.11. The lowest BCUT2D eigenvalue weighted by atomic mass is 10.1. The van der Waals surface area contributed by atoms with E-state index in [0.29, 0.717) is 11.7 Å². The summed E-state index contributed by atoms with van der Waals surface area (Å²) >= 11 is 1.91. The van der Waals surface area contributed by atoms with E-state index in [9.17, 15) is 10.1 Å². The highest BCUT2D eigenvalue weighted by Crippen LogP contribution is 2.25. The van der Waals surface area contributed by atoms with E-state index in [1.165, 1.54) is 24.3 Å². The van der Waals surface area contributed by atoms with E-state index < -0.39 is 4.92 Å². The molecular weight excluding hydrogens is 238 g/mol. The van der Waals surface area contributed by atoms with Gasteiger partial charge in [0.25, 0.3) is 5.69 Å². The summed E-state index contributed by atoms with van der Waals surface area (Å²) in [6.07, 6.45) is 2.29. The molecular formula is C11H15N3O2S. The van der Waals surface area contributed by atoms with Crippen LogP contribution < -0.4 is 11.1 Å². The Morgan fingerprint density at radius 3 is 2.94 bits per heavy atom. The first-order chi connectivity index (χ1) is 8.15. The van der Waals surface area contributed by atoms with Crippen molar-refractivity contribution >= 4 is 28.8 Å². The molecule has 1 aromatic rings. The summed E-state index contributed by atoms with van der Waals surface area (Å²) in [6, 6.07) is 5.04. The molecule has 92 valence electrons. The summed E-state index contributed by atoms with van der Waals surface area (Å²) in [6.45, 7) is 0. The summed E-state index contributed by atoms with van der Waals surface area (Å²) in [4.78, 5) is 10.3. The zero-order valence-corrected chi connectivity index (χ0v) is 10.2. The predicted molar refractivity (Wildman–Crippen MR) is 71.5 cm³/mol. The van der Waals surface area contributed by atoms with Gasteiger partial charge in [-0.05, 0) is 24.7 Å². The number of hydrogen-bond acceptors (Lipinski definition) is 5. The Morgan fingerprint density at radius 2 is 2.29 bits per heavy atom. The first-order valence-corrected chi connectivity index (χ1v) is 6.70. The highest BCUT2D eigenvalue weighted by molar-refractivity contribution is 7.99. The molecule has 1 aliphatic rings. The number of nitrogens with one attached hydrogen (secondary N) is 1. The largest absolute Gasteiger partial charge is 0.398 e. The minimum atomic E-state index is -0.419. The van der Waals surface area contributed by atoms with Crippen molar-refractivity contribution in [1.29, 1.82) is 0 Å². The number of nitro benzene ring substituents is 1. The molecule has 0 amide bonds. The molecule has 1 aliphatic heterocycles. The third kappa shape index (κ3) is 3.26. The maximum absolute atomic E-state index is 10.7. The third-order valence-electron chi connectivity index (χ3n) is 2.68. The number of benzene rings is 1. The number of thioether (sulfide) groups is 1. The molecule has 1 unspecified atom stereocenters. The molecule has 2 rings (SSSR count). The number of nitro groups is 1. The number of nitrogens with two attached hydrogens (primary N) is 1. The molecule has 0 bridgehead atoms. The van der Waals surface area contributed by atoms with Gasteiger partial charge in [0.15, 0.2) is 0 Å². The van der Waals surface area contributed by atoms with Crippen molar-refractivity contribution in [1.82, 2.24) is 0 Å². The lowest BCUT2D eigenvalue weighted by Gasteiger charge is -2.23. The van der Waals surface area contributed by atoms with E-state index in [1.54, 1.807) is 6.07 Å². The number of anilines is 2. The van der Waals surface area contributed by atoms with Gasteiger partial charge in [0, 0.05) is 35.3 Å². The van der Waals surface area contributed by atoms with Gasteiger partial charge < -0.3 is 11.1 Å². The first kappa shape index (κ1) is 12.0. The van der Waals surface area contributed by atoms with Gasteiger partial charge in [-0.3, -0.25) is 10.1 Å². The summed E-state index contributed by atoms with van der Waals surface area (Å²) in [5, 5.41) is 14.0. The second kappa shape index (κ2) is 5.27. The van der Waals surface area contributed by atoms with E-state index in [4.69, 9.17) is 5.73 Å². The average molecular weight is 253 g/mol. The van der Waals surface area contributed by atoms with Crippen LogP contribution in [0.1, 0.15) is 12.8 Å². The number of rotatable bonds is 3. The fourth-order valence-corrected chi connectivity index (χ4v) is 2.99. The van der Waals surface area contributed by atoms with Crippen LogP contribution in [-0.2, 0) is 0 Å². The van der Waals surface area contributed by atoms with Gasteiger partial charge >= 0.3 is 0 Å². The second-order valence-electron chi connectivity index (χ2n) is 4.13. The van der Waals surface area contributed by atoms with Gasteiger partial charge in [-0.15, -0.1) is 0 Å². The van der Waals surface area contributed by atoms with Crippen molar-refractivity contribution in [3.8, 4) is 0 Å². The summed E-state index contributed by atoms with van der Waals surface area (Å²) in [5.41, 5.74) is 6.85. The van der Waals surface area contributed by atoms with Gasteiger partial charge in [0.05, 0.1) is 4.92 Å². The topological polar surface area (TPSA) is 81.2 Å².